The molecular formula is C22H25FN4O. The van der Waals surface area contributed by atoms with Gasteiger partial charge in [0, 0.05) is 44.0 Å². The minimum atomic E-state index is -0.203. The van der Waals surface area contributed by atoms with Crippen LogP contribution in [0.5, 0.6) is 0 Å². The van der Waals surface area contributed by atoms with E-state index >= 15 is 0 Å². The predicted molar refractivity (Wildman–Crippen MR) is 107 cm³/mol. The predicted octanol–water partition coefficient (Wildman–Crippen LogP) is 3.17. The number of benzene rings is 2. The Bertz CT molecular complexity index is 860. The van der Waals surface area contributed by atoms with Gasteiger partial charge in [-0.25, -0.2) is 9.07 Å². The van der Waals surface area contributed by atoms with Crippen LogP contribution >= 0.6 is 0 Å². The number of ether oxygens (including phenoxy) is 1. The monoisotopic (exact) mass is 380 g/mol. The zero-order valence-corrected chi connectivity index (χ0v) is 15.8. The number of morpholine rings is 1. The second-order valence-electron chi connectivity index (χ2n) is 6.98. The Kier molecular flexibility index (Phi) is 6.11. The van der Waals surface area contributed by atoms with Crippen molar-refractivity contribution in [3.63, 3.8) is 0 Å². The summed E-state index contributed by atoms with van der Waals surface area (Å²) in [5.41, 5.74) is 3.30. The summed E-state index contributed by atoms with van der Waals surface area (Å²) in [6, 6.07) is 17.1. The molecule has 2 heterocycles. The first-order chi connectivity index (χ1) is 13.8. The van der Waals surface area contributed by atoms with Crippen LogP contribution in [-0.2, 0) is 11.3 Å². The average molecular weight is 380 g/mol. The molecule has 4 rings (SSSR count). The van der Waals surface area contributed by atoms with E-state index in [1.54, 1.807) is 0 Å². The van der Waals surface area contributed by atoms with Gasteiger partial charge in [-0.2, -0.15) is 5.10 Å². The van der Waals surface area contributed by atoms with Gasteiger partial charge in [0.2, 0.25) is 0 Å². The molecule has 1 N–H and O–H groups in total. The Morgan fingerprint density at radius 3 is 2.54 bits per heavy atom. The van der Waals surface area contributed by atoms with Gasteiger partial charge in [0.25, 0.3) is 0 Å². The number of nitrogens with zero attached hydrogens (tertiary/aromatic N) is 3. The number of hydrogen-bond acceptors (Lipinski definition) is 4. The maximum Gasteiger partial charge on any atom is 0.123 e. The summed E-state index contributed by atoms with van der Waals surface area (Å²) < 4.78 is 20.7. The molecule has 6 heteroatoms. The summed E-state index contributed by atoms with van der Waals surface area (Å²) in [5.74, 6) is -0.203. The van der Waals surface area contributed by atoms with E-state index < -0.39 is 0 Å². The fourth-order valence-electron chi connectivity index (χ4n) is 3.56. The van der Waals surface area contributed by atoms with Crippen LogP contribution in [0.15, 0.2) is 67.0 Å². The molecule has 146 valence electrons. The molecule has 1 aromatic heterocycles. The zero-order valence-electron chi connectivity index (χ0n) is 15.8. The Morgan fingerprint density at radius 1 is 1.04 bits per heavy atom. The highest BCUT2D eigenvalue weighted by Gasteiger charge is 2.22. The third kappa shape index (κ3) is 4.65. The summed E-state index contributed by atoms with van der Waals surface area (Å²) >= 11 is 0. The summed E-state index contributed by atoms with van der Waals surface area (Å²) in [4.78, 5) is 2.40. The van der Waals surface area contributed by atoms with E-state index in [2.05, 4.69) is 15.3 Å². The van der Waals surface area contributed by atoms with E-state index in [0.717, 1.165) is 56.2 Å². The van der Waals surface area contributed by atoms with Gasteiger partial charge in [0.05, 0.1) is 25.1 Å². The van der Waals surface area contributed by atoms with Gasteiger partial charge >= 0.3 is 0 Å². The van der Waals surface area contributed by atoms with E-state index in [4.69, 9.17) is 4.74 Å². The van der Waals surface area contributed by atoms with Crippen LogP contribution in [0.4, 0.5) is 4.39 Å². The highest BCUT2D eigenvalue weighted by atomic mass is 19.1. The molecule has 28 heavy (non-hydrogen) atoms. The van der Waals surface area contributed by atoms with Gasteiger partial charge in [-0.15, -0.1) is 0 Å². The zero-order chi connectivity index (χ0) is 19.2. The average Bonchev–Trinajstić information content (AvgIpc) is 3.22. The first kappa shape index (κ1) is 18.8. The molecule has 1 aliphatic heterocycles. The molecule has 1 aliphatic rings. The number of hydrogen-bond donors (Lipinski definition) is 1. The summed E-state index contributed by atoms with van der Waals surface area (Å²) in [6.07, 6.45) is 3.94. The van der Waals surface area contributed by atoms with Crippen molar-refractivity contribution < 1.29 is 9.13 Å². The van der Waals surface area contributed by atoms with Crippen molar-refractivity contribution in [1.82, 2.24) is 20.0 Å². The molecule has 0 amide bonds. The quantitative estimate of drug-likeness (QED) is 0.684. The van der Waals surface area contributed by atoms with Crippen molar-refractivity contribution >= 4 is 0 Å². The van der Waals surface area contributed by atoms with E-state index in [-0.39, 0.29) is 11.9 Å². The minimum Gasteiger partial charge on any atom is -0.379 e. The second-order valence-corrected chi connectivity index (χ2v) is 6.98. The molecule has 1 atom stereocenters. The molecule has 0 spiro atoms. The molecule has 0 radical (unpaired) electrons. The Balaban J connectivity index is 1.40. The van der Waals surface area contributed by atoms with Crippen molar-refractivity contribution in [3.05, 3.63) is 83.9 Å². The highest BCUT2D eigenvalue weighted by Crippen LogP contribution is 2.22. The molecule has 0 saturated carbocycles. The molecule has 0 aliphatic carbocycles. The van der Waals surface area contributed by atoms with Gasteiger partial charge < -0.3 is 10.1 Å². The van der Waals surface area contributed by atoms with E-state index in [1.165, 1.54) is 12.1 Å². The maximum atomic E-state index is 13.3. The molecule has 3 aromatic rings. The Hall–Kier alpha value is -2.54. The molecule has 1 saturated heterocycles. The van der Waals surface area contributed by atoms with Crippen LogP contribution in [0, 0.1) is 5.82 Å². The lowest BCUT2D eigenvalue weighted by Gasteiger charge is -2.35. The summed E-state index contributed by atoms with van der Waals surface area (Å²) in [7, 11) is 0. The maximum absolute atomic E-state index is 13.3. The third-order valence-corrected chi connectivity index (χ3v) is 5.06. The largest absolute Gasteiger partial charge is 0.379 e. The van der Waals surface area contributed by atoms with Crippen LogP contribution in [0.1, 0.15) is 17.2 Å². The molecular weight excluding hydrogens is 355 g/mol. The lowest BCUT2D eigenvalue weighted by atomic mass is 10.0. The van der Waals surface area contributed by atoms with Crippen LogP contribution in [0.25, 0.3) is 5.69 Å². The molecule has 2 aromatic carbocycles. The molecule has 1 fully saturated rings. The molecule has 5 nitrogen and oxygen atoms in total. The van der Waals surface area contributed by atoms with E-state index in [1.807, 2.05) is 59.5 Å². The van der Waals surface area contributed by atoms with Crippen LogP contribution in [0.2, 0.25) is 0 Å². The SMILES string of the molecule is Fc1ccc([C@@H](CNCc2cnn(-c3ccccc3)c2)N2CCOCC2)cc1. The lowest BCUT2D eigenvalue weighted by molar-refractivity contribution is 0.0161. The molecule has 0 unspecified atom stereocenters. The van der Waals surface area contributed by atoms with Gasteiger partial charge in [0.15, 0.2) is 0 Å². The normalized spacial score (nSPS) is 16.2. The van der Waals surface area contributed by atoms with Gasteiger partial charge in [-0.1, -0.05) is 30.3 Å². The van der Waals surface area contributed by atoms with Crippen LogP contribution in [0.3, 0.4) is 0 Å². The first-order valence-electron chi connectivity index (χ1n) is 9.66. The topological polar surface area (TPSA) is 42.3 Å². The van der Waals surface area contributed by atoms with E-state index in [9.17, 15) is 4.39 Å². The number of rotatable bonds is 7. The van der Waals surface area contributed by atoms with Crippen molar-refractivity contribution in [3.8, 4) is 5.69 Å². The standard InChI is InChI=1S/C22H25FN4O/c23-20-8-6-19(7-9-20)22(26-10-12-28-13-11-26)16-24-14-18-15-25-27(17-18)21-4-2-1-3-5-21/h1-9,15,17,22,24H,10-14,16H2/t22-/m1/s1. The third-order valence-electron chi connectivity index (χ3n) is 5.06. The fraction of sp³-hybridized carbons (Fsp3) is 0.318. The van der Waals surface area contributed by atoms with Gasteiger partial charge in [-0.3, -0.25) is 4.90 Å². The van der Waals surface area contributed by atoms with Crippen LogP contribution in [-0.4, -0.2) is 47.5 Å². The van der Waals surface area contributed by atoms with Crippen molar-refractivity contribution in [2.75, 3.05) is 32.8 Å². The van der Waals surface area contributed by atoms with Gasteiger partial charge in [-0.05, 0) is 29.8 Å². The van der Waals surface area contributed by atoms with Crippen LogP contribution < -0.4 is 5.32 Å². The van der Waals surface area contributed by atoms with E-state index in [0.29, 0.717) is 0 Å². The van der Waals surface area contributed by atoms with Crippen molar-refractivity contribution in [2.45, 2.75) is 12.6 Å². The lowest BCUT2D eigenvalue weighted by Crippen LogP contribution is -2.42. The number of para-hydroxylation sites is 1. The number of aromatic nitrogens is 2. The molecule has 0 bridgehead atoms. The van der Waals surface area contributed by atoms with Crippen molar-refractivity contribution in [2.24, 2.45) is 0 Å². The minimum absolute atomic E-state index is 0.189. The van der Waals surface area contributed by atoms with Crippen molar-refractivity contribution in [1.29, 1.82) is 0 Å². The Morgan fingerprint density at radius 2 is 1.79 bits per heavy atom. The van der Waals surface area contributed by atoms with Gasteiger partial charge in [0.1, 0.15) is 5.82 Å². The number of halogens is 1. The summed E-state index contributed by atoms with van der Waals surface area (Å²) in [5, 5.41) is 8.00. The number of nitrogens with one attached hydrogen (secondary N) is 1. The highest BCUT2D eigenvalue weighted by molar-refractivity contribution is 5.31. The smallest absolute Gasteiger partial charge is 0.123 e. The second kappa shape index (κ2) is 9.10. The summed E-state index contributed by atoms with van der Waals surface area (Å²) in [6.45, 7) is 4.76. The Labute approximate surface area is 164 Å². The first-order valence-corrected chi connectivity index (χ1v) is 9.66. The fourth-order valence-corrected chi connectivity index (χ4v) is 3.56.